The van der Waals surface area contributed by atoms with Gasteiger partial charge in [-0.05, 0) is 59.9 Å². The smallest absolute Gasteiger partial charge is 0.253 e. The van der Waals surface area contributed by atoms with Crippen LogP contribution in [0.1, 0.15) is 18.1 Å². The van der Waals surface area contributed by atoms with Crippen LogP contribution in [0.3, 0.4) is 0 Å². The number of aryl methyl sites for hydroxylation is 1. The van der Waals surface area contributed by atoms with Gasteiger partial charge in [0.15, 0.2) is 5.11 Å². The van der Waals surface area contributed by atoms with Gasteiger partial charge in [0.25, 0.3) is 5.56 Å². The Bertz CT molecular complexity index is 1030. The van der Waals surface area contributed by atoms with Gasteiger partial charge in [0.1, 0.15) is 0 Å². The molecule has 0 unspecified atom stereocenters. The second kappa shape index (κ2) is 9.67. The summed E-state index contributed by atoms with van der Waals surface area (Å²) in [7, 11) is 4.22. The SMILES string of the molecule is CCc1ccc2[nH]c(=O)c(CN(CC[NH+](C)C)C(=S)Nc3ccccc3)cc2c1. The molecule has 0 fully saturated rings. The van der Waals surface area contributed by atoms with Crippen LogP contribution in [-0.2, 0) is 13.0 Å². The van der Waals surface area contributed by atoms with Crippen molar-refractivity contribution < 1.29 is 4.90 Å². The Morgan fingerprint density at radius 3 is 2.59 bits per heavy atom. The number of benzene rings is 2. The van der Waals surface area contributed by atoms with Gasteiger partial charge in [-0.3, -0.25) is 4.79 Å². The Morgan fingerprint density at radius 2 is 1.90 bits per heavy atom. The fourth-order valence-electron chi connectivity index (χ4n) is 3.18. The van der Waals surface area contributed by atoms with Gasteiger partial charge in [-0.1, -0.05) is 31.2 Å². The largest absolute Gasteiger partial charge is 0.339 e. The van der Waals surface area contributed by atoms with E-state index in [-0.39, 0.29) is 5.56 Å². The summed E-state index contributed by atoms with van der Waals surface area (Å²) in [5.41, 5.74) is 3.72. The van der Waals surface area contributed by atoms with Gasteiger partial charge in [0, 0.05) is 16.8 Å². The van der Waals surface area contributed by atoms with Crippen molar-refractivity contribution in [2.24, 2.45) is 0 Å². The number of H-pyrrole nitrogens is 1. The van der Waals surface area contributed by atoms with E-state index in [2.05, 4.69) is 48.4 Å². The van der Waals surface area contributed by atoms with Crippen LogP contribution in [0.4, 0.5) is 5.69 Å². The molecule has 3 rings (SSSR count). The maximum atomic E-state index is 12.7. The quantitative estimate of drug-likeness (QED) is 0.525. The predicted octanol–water partition coefficient (Wildman–Crippen LogP) is 2.43. The van der Waals surface area contributed by atoms with Gasteiger partial charge in [0.2, 0.25) is 0 Å². The normalized spacial score (nSPS) is 11.0. The number of aromatic nitrogens is 1. The third-order valence-corrected chi connectivity index (χ3v) is 5.31. The number of hydrogen-bond acceptors (Lipinski definition) is 2. The van der Waals surface area contributed by atoms with Crippen LogP contribution >= 0.6 is 12.2 Å². The van der Waals surface area contributed by atoms with E-state index in [1.165, 1.54) is 10.5 Å². The lowest BCUT2D eigenvalue weighted by molar-refractivity contribution is -0.857. The molecule has 29 heavy (non-hydrogen) atoms. The lowest BCUT2D eigenvalue weighted by Crippen LogP contribution is -3.06. The van der Waals surface area contributed by atoms with Gasteiger partial charge in [0.05, 0.1) is 33.7 Å². The molecule has 2 aromatic carbocycles. The number of rotatable bonds is 7. The fourth-order valence-corrected chi connectivity index (χ4v) is 3.45. The molecule has 0 aliphatic carbocycles. The highest BCUT2D eigenvalue weighted by Crippen LogP contribution is 2.16. The Kier molecular flexibility index (Phi) is 7.01. The van der Waals surface area contributed by atoms with E-state index in [1.54, 1.807) is 0 Å². The van der Waals surface area contributed by atoms with E-state index in [1.807, 2.05) is 42.5 Å². The first kappa shape index (κ1) is 21.0. The molecular weight excluding hydrogens is 380 g/mol. The minimum absolute atomic E-state index is 0.0635. The zero-order valence-corrected chi connectivity index (χ0v) is 18.1. The number of thiocarbonyl (C=S) groups is 1. The Labute approximate surface area is 177 Å². The lowest BCUT2D eigenvalue weighted by Gasteiger charge is -2.26. The third-order valence-electron chi connectivity index (χ3n) is 4.95. The van der Waals surface area contributed by atoms with Gasteiger partial charge in [-0.2, -0.15) is 0 Å². The highest BCUT2D eigenvalue weighted by atomic mass is 32.1. The molecule has 0 amide bonds. The predicted molar refractivity (Wildman–Crippen MR) is 125 cm³/mol. The summed E-state index contributed by atoms with van der Waals surface area (Å²) in [6.45, 7) is 4.27. The zero-order valence-electron chi connectivity index (χ0n) is 17.3. The van der Waals surface area contributed by atoms with Crippen molar-refractivity contribution in [3.8, 4) is 0 Å². The monoisotopic (exact) mass is 409 g/mol. The summed E-state index contributed by atoms with van der Waals surface area (Å²) < 4.78 is 0. The number of nitrogens with one attached hydrogen (secondary N) is 3. The van der Waals surface area contributed by atoms with Crippen molar-refractivity contribution in [1.82, 2.24) is 9.88 Å². The Balaban J connectivity index is 1.86. The molecule has 0 saturated heterocycles. The van der Waals surface area contributed by atoms with Crippen molar-refractivity contribution in [2.45, 2.75) is 19.9 Å². The van der Waals surface area contributed by atoms with Gasteiger partial charge in [-0.25, -0.2) is 0 Å². The number of aromatic amines is 1. The average Bonchev–Trinajstić information content (AvgIpc) is 2.71. The van der Waals surface area contributed by atoms with E-state index in [0.29, 0.717) is 11.7 Å². The Morgan fingerprint density at radius 1 is 1.14 bits per heavy atom. The third kappa shape index (κ3) is 5.65. The molecule has 0 saturated carbocycles. The van der Waals surface area contributed by atoms with Crippen LogP contribution in [0.15, 0.2) is 59.4 Å². The van der Waals surface area contributed by atoms with E-state index >= 15 is 0 Å². The number of quaternary nitrogens is 1. The van der Waals surface area contributed by atoms with E-state index < -0.39 is 0 Å². The number of hydrogen-bond donors (Lipinski definition) is 3. The summed E-state index contributed by atoms with van der Waals surface area (Å²) in [5, 5.41) is 4.98. The molecule has 3 aromatic rings. The van der Waals surface area contributed by atoms with Crippen LogP contribution in [-0.4, -0.2) is 42.2 Å². The molecule has 0 atom stereocenters. The van der Waals surface area contributed by atoms with Crippen LogP contribution in [0.25, 0.3) is 10.9 Å². The first-order valence-electron chi connectivity index (χ1n) is 10.0. The van der Waals surface area contributed by atoms with Gasteiger partial charge >= 0.3 is 0 Å². The number of anilines is 1. The molecule has 1 heterocycles. The second-order valence-corrected chi connectivity index (χ2v) is 7.96. The highest BCUT2D eigenvalue weighted by Gasteiger charge is 2.15. The first-order chi connectivity index (χ1) is 14.0. The summed E-state index contributed by atoms with van der Waals surface area (Å²) in [4.78, 5) is 19.1. The molecule has 152 valence electrons. The maximum Gasteiger partial charge on any atom is 0.253 e. The van der Waals surface area contributed by atoms with Gasteiger partial charge in [-0.15, -0.1) is 0 Å². The zero-order chi connectivity index (χ0) is 20.8. The number of fused-ring (bicyclic) bond motifs is 1. The average molecular weight is 410 g/mol. The van der Waals surface area contributed by atoms with E-state index in [4.69, 9.17) is 12.2 Å². The van der Waals surface area contributed by atoms with Crippen molar-refractivity contribution in [1.29, 1.82) is 0 Å². The summed E-state index contributed by atoms with van der Waals surface area (Å²) in [5.74, 6) is 0. The van der Waals surface area contributed by atoms with Crippen LogP contribution in [0, 0.1) is 0 Å². The van der Waals surface area contributed by atoms with E-state index in [0.717, 1.165) is 41.7 Å². The first-order valence-corrected chi connectivity index (χ1v) is 10.4. The summed E-state index contributed by atoms with van der Waals surface area (Å²) >= 11 is 5.68. The molecule has 6 heteroatoms. The molecule has 3 N–H and O–H groups in total. The standard InChI is InChI=1S/C23H28N4OS/c1-4-17-10-11-21-18(14-17)15-19(22(28)25-21)16-27(13-12-26(2)3)23(29)24-20-8-6-5-7-9-20/h5-11,14-15H,4,12-13,16H2,1-3H3,(H,24,29)(H,25,28)/p+1. The minimum Gasteiger partial charge on any atom is -0.339 e. The molecule has 5 nitrogen and oxygen atoms in total. The molecule has 0 aliphatic rings. The Hall–Kier alpha value is -2.70. The molecule has 1 aromatic heterocycles. The van der Waals surface area contributed by atoms with Crippen molar-refractivity contribution in [3.05, 3.63) is 76.1 Å². The topological polar surface area (TPSA) is 52.6 Å². The molecule has 0 spiro atoms. The van der Waals surface area contributed by atoms with Crippen molar-refractivity contribution >= 4 is 33.9 Å². The summed E-state index contributed by atoms with van der Waals surface area (Å²) in [6, 6.07) is 18.1. The second-order valence-electron chi connectivity index (χ2n) is 7.57. The van der Waals surface area contributed by atoms with Crippen LogP contribution in [0.2, 0.25) is 0 Å². The minimum atomic E-state index is -0.0635. The lowest BCUT2D eigenvalue weighted by atomic mass is 10.1. The number of pyridine rings is 1. The summed E-state index contributed by atoms with van der Waals surface area (Å²) in [6.07, 6.45) is 0.965. The number of para-hydroxylation sites is 1. The number of likely N-dealkylation sites (N-methyl/N-ethyl adjacent to an activating group) is 1. The maximum absolute atomic E-state index is 12.7. The van der Waals surface area contributed by atoms with E-state index in [9.17, 15) is 4.79 Å². The fraction of sp³-hybridized carbons (Fsp3) is 0.304. The number of nitrogens with zero attached hydrogens (tertiary/aromatic N) is 1. The van der Waals surface area contributed by atoms with Crippen molar-refractivity contribution in [3.63, 3.8) is 0 Å². The molecule has 0 radical (unpaired) electrons. The highest BCUT2D eigenvalue weighted by molar-refractivity contribution is 7.80. The van der Waals surface area contributed by atoms with Crippen LogP contribution in [0.5, 0.6) is 0 Å². The molecule has 0 bridgehead atoms. The molecule has 0 aliphatic heterocycles. The van der Waals surface area contributed by atoms with Gasteiger partial charge < -0.3 is 20.1 Å². The molecular formula is C23H29N4OS+. The van der Waals surface area contributed by atoms with Crippen LogP contribution < -0.4 is 15.8 Å². The van der Waals surface area contributed by atoms with Crippen molar-refractivity contribution in [2.75, 3.05) is 32.5 Å².